The van der Waals surface area contributed by atoms with Crippen molar-refractivity contribution in [3.05, 3.63) is 0 Å². The standard InChI is InChI=1S/C21H40O3S/c1-3-5-6-9-12-17-25-20-16-15-19(22)18(20)13-10-7-8-11-14-21(23)24-4-2/h18-20,22H,3-17H2,1-2H3. The molecule has 0 saturated heterocycles. The molecule has 0 bridgehead atoms. The van der Waals surface area contributed by atoms with Gasteiger partial charge in [0.05, 0.1) is 12.7 Å². The van der Waals surface area contributed by atoms with Crippen LogP contribution in [0.15, 0.2) is 0 Å². The molecule has 0 aromatic heterocycles. The Bertz CT molecular complexity index is 335. The Labute approximate surface area is 159 Å². The van der Waals surface area contributed by atoms with Crippen molar-refractivity contribution in [2.75, 3.05) is 12.4 Å². The maximum absolute atomic E-state index is 11.3. The summed E-state index contributed by atoms with van der Waals surface area (Å²) in [6, 6.07) is 0. The molecule has 1 saturated carbocycles. The number of aliphatic hydroxyl groups is 1. The van der Waals surface area contributed by atoms with Crippen LogP contribution in [0.1, 0.15) is 97.3 Å². The van der Waals surface area contributed by atoms with Crippen LogP contribution in [0.5, 0.6) is 0 Å². The van der Waals surface area contributed by atoms with Crippen LogP contribution in [0.3, 0.4) is 0 Å². The highest BCUT2D eigenvalue weighted by molar-refractivity contribution is 7.99. The van der Waals surface area contributed by atoms with Crippen LogP contribution >= 0.6 is 11.8 Å². The Hall–Kier alpha value is -0.220. The maximum Gasteiger partial charge on any atom is 0.305 e. The number of ether oxygens (including phenoxy) is 1. The first-order chi connectivity index (χ1) is 12.2. The molecule has 0 spiro atoms. The summed E-state index contributed by atoms with van der Waals surface area (Å²) in [4.78, 5) is 11.3. The zero-order valence-corrected chi connectivity index (χ0v) is 17.3. The van der Waals surface area contributed by atoms with E-state index in [1.54, 1.807) is 0 Å². The van der Waals surface area contributed by atoms with Crippen LogP contribution < -0.4 is 0 Å². The second-order valence-corrected chi connectivity index (χ2v) is 8.74. The van der Waals surface area contributed by atoms with Crippen molar-refractivity contribution in [1.82, 2.24) is 0 Å². The molecule has 3 nitrogen and oxygen atoms in total. The van der Waals surface area contributed by atoms with Gasteiger partial charge < -0.3 is 9.84 Å². The lowest BCUT2D eigenvalue weighted by Crippen LogP contribution is -2.21. The highest BCUT2D eigenvalue weighted by Gasteiger charge is 2.34. The molecule has 3 unspecified atom stereocenters. The van der Waals surface area contributed by atoms with Crippen LogP contribution in [0.2, 0.25) is 0 Å². The van der Waals surface area contributed by atoms with Crippen molar-refractivity contribution in [2.24, 2.45) is 5.92 Å². The Morgan fingerprint density at radius 2 is 1.72 bits per heavy atom. The first-order valence-electron chi connectivity index (χ1n) is 10.6. The third kappa shape index (κ3) is 10.5. The van der Waals surface area contributed by atoms with Gasteiger partial charge in [0.1, 0.15) is 0 Å². The molecule has 0 aromatic rings. The van der Waals surface area contributed by atoms with Gasteiger partial charge in [0.15, 0.2) is 0 Å². The Balaban J connectivity index is 2.08. The number of rotatable bonds is 15. The molecule has 3 atom stereocenters. The molecule has 1 aliphatic rings. The predicted molar refractivity (Wildman–Crippen MR) is 108 cm³/mol. The SMILES string of the molecule is CCCCCCCSC1CCC(O)C1CCCCCCC(=O)OCC. The van der Waals surface area contributed by atoms with E-state index >= 15 is 0 Å². The lowest BCUT2D eigenvalue weighted by atomic mass is 9.97. The van der Waals surface area contributed by atoms with Gasteiger partial charge in [-0.2, -0.15) is 11.8 Å². The number of thioether (sulfide) groups is 1. The van der Waals surface area contributed by atoms with E-state index in [0.29, 0.717) is 24.2 Å². The number of esters is 1. The Morgan fingerprint density at radius 1 is 1.00 bits per heavy atom. The van der Waals surface area contributed by atoms with Crippen LogP contribution in [-0.2, 0) is 9.53 Å². The minimum atomic E-state index is -0.0860. The minimum Gasteiger partial charge on any atom is -0.466 e. The third-order valence-electron chi connectivity index (χ3n) is 5.27. The first-order valence-corrected chi connectivity index (χ1v) is 11.7. The molecule has 25 heavy (non-hydrogen) atoms. The van der Waals surface area contributed by atoms with Crippen molar-refractivity contribution in [1.29, 1.82) is 0 Å². The third-order valence-corrected chi connectivity index (χ3v) is 6.81. The molecule has 0 amide bonds. The molecule has 0 heterocycles. The Morgan fingerprint density at radius 3 is 2.48 bits per heavy atom. The van der Waals surface area contributed by atoms with Gasteiger partial charge in [0.25, 0.3) is 0 Å². The van der Waals surface area contributed by atoms with Gasteiger partial charge in [0.2, 0.25) is 0 Å². The van der Waals surface area contributed by atoms with Crippen LogP contribution in [0.25, 0.3) is 0 Å². The van der Waals surface area contributed by atoms with Gasteiger partial charge in [-0.25, -0.2) is 0 Å². The molecule has 1 aliphatic carbocycles. The fraction of sp³-hybridized carbons (Fsp3) is 0.952. The minimum absolute atomic E-state index is 0.0656. The maximum atomic E-state index is 11.3. The van der Waals surface area contributed by atoms with Gasteiger partial charge in [-0.1, -0.05) is 51.9 Å². The van der Waals surface area contributed by atoms with Gasteiger partial charge >= 0.3 is 5.97 Å². The molecule has 1 fully saturated rings. The highest BCUT2D eigenvalue weighted by atomic mass is 32.2. The van der Waals surface area contributed by atoms with Gasteiger partial charge in [-0.15, -0.1) is 0 Å². The molecule has 1 N–H and O–H groups in total. The molecule has 4 heteroatoms. The fourth-order valence-corrected chi connectivity index (χ4v) is 5.31. The summed E-state index contributed by atoms with van der Waals surface area (Å²) in [6.07, 6.45) is 14.9. The number of hydrogen-bond donors (Lipinski definition) is 1. The molecule has 1 rings (SSSR count). The average Bonchev–Trinajstić information content (AvgIpc) is 2.94. The van der Waals surface area contributed by atoms with Crippen LogP contribution in [0, 0.1) is 5.92 Å². The van der Waals surface area contributed by atoms with Crippen molar-refractivity contribution < 1.29 is 14.6 Å². The summed E-state index contributed by atoms with van der Waals surface area (Å²) in [6.45, 7) is 4.59. The second-order valence-electron chi connectivity index (χ2n) is 7.39. The summed E-state index contributed by atoms with van der Waals surface area (Å²) in [5, 5.41) is 11.0. The van der Waals surface area contributed by atoms with E-state index < -0.39 is 0 Å². The van der Waals surface area contributed by atoms with E-state index in [1.165, 1.54) is 50.7 Å². The number of carbonyl (C=O) groups is 1. The molecular weight excluding hydrogens is 332 g/mol. The van der Waals surface area contributed by atoms with Crippen molar-refractivity contribution in [3.63, 3.8) is 0 Å². The lowest BCUT2D eigenvalue weighted by Gasteiger charge is -2.21. The quantitative estimate of drug-likeness (QED) is 0.294. The second kappa shape index (κ2) is 14.9. The predicted octanol–water partition coefficient (Wildman–Crippen LogP) is 5.73. The van der Waals surface area contributed by atoms with E-state index in [0.717, 1.165) is 32.1 Å². The fourth-order valence-electron chi connectivity index (χ4n) is 3.77. The first kappa shape index (κ1) is 22.8. The zero-order chi connectivity index (χ0) is 18.3. The topological polar surface area (TPSA) is 46.5 Å². The highest BCUT2D eigenvalue weighted by Crippen LogP contribution is 2.38. The van der Waals surface area contributed by atoms with Crippen LogP contribution in [0.4, 0.5) is 0 Å². The summed E-state index contributed by atoms with van der Waals surface area (Å²) < 4.78 is 4.95. The summed E-state index contributed by atoms with van der Waals surface area (Å²) in [5.74, 6) is 1.69. The molecule has 0 radical (unpaired) electrons. The number of unbranched alkanes of at least 4 members (excludes halogenated alkanes) is 7. The number of carbonyl (C=O) groups excluding carboxylic acids is 1. The normalized spacial score (nSPS) is 23.1. The smallest absolute Gasteiger partial charge is 0.305 e. The van der Waals surface area contributed by atoms with E-state index in [2.05, 4.69) is 18.7 Å². The monoisotopic (exact) mass is 372 g/mol. The number of aliphatic hydroxyl groups excluding tert-OH is 1. The molecule has 0 aliphatic heterocycles. The van der Waals surface area contributed by atoms with Gasteiger partial charge in [-0.3, -0.25) is 4.79 Å². The summed E-state index contributed by atoms with van der Waals surface area (Å²) in [7, 11) is 0. The van der Waals surface area contributed by atoms with E-state index in [-0.39, 0.29) is 12.1 Å². The molecule has 148 valence electrons. The molecule has 0 aromatic carbocycles. The van der Waals surface area contributed by atoms with E-state index in [4.69, 9.17) is 4.74 Å². The Kier molecular flexibility index (Phi) is 13.6. The van der Waals surface area contributed by atoms with E-state index in [9.17, 15) is 9.90 Å². The van der Waals surface area contributed by atoms with Crippen LogP contribution in [-0.4, -0.2) is 34.8 Å². The summed E-state index contributed by atoms with van der Waals surface area (Å²) in [5.41, 5.74) is 0. The van der Waals surface area contributed by atoms with Gasteiger partial charge in [-0.05, 0) is 50.7 Å². The number of hydrogen-bond acceptors (Lipinski definition) is 4. The largest absolute Gasteiger partial charge is 0.466 e. The zero-order valence-electron chi connectivity index (χ0n) is 16.5. The van der Waals surface area contributed by atoms with Crippen molar-refractivity contribution in [2.45, 2.75) is 109 Å². The van der Waals surface area contributed by atoms with Crippen molar-refractivity contribution >= 4 is 17.7 Å². The molecular formula is C21H40O3S. The average molecular weight is 373 g/mol. The van der Waals surface area contributed by atoms with E-state index in [1.807, 2.05) is 6.92 Å². The van der Waals surface area contributed by atoms with Gasteiger partial charge in [0, 0.05) is 11.7 Å². The lowest BCUT2D eigenvalue weighted by molar-refractivity contribution is -0.143. The summed E-state index contributed by atoms with van der Waals surface area (Å²) >= 11 is 2.11. The van der Waals surface area contributed by atoms with Crippen molar-refractivity contribution in [3.8, 4) is 0 Å².